The summed E-state index contributed by atoms with van der Waals surface area (Å²) < 4.78 is 1.27. The molecule has 1 nitrogen and oxygen atoms in total. The van der Waals surface area contributed by atoms with Crippen LogP contribution in [0.1, 0.15) is 63.1 Å². The van der Waals surface area contributed by atoms with Crippen LogP contribution in [0, 0.1) is 29.6 Å². The van der Waals surface area contributed by atoms with Gasteiger partial charge >= 0.3 is 0 Å². The number of hydrogen-bond acceptors (Lipinski definition) is 1. The van der Waals surface area contributed by atoms with E-state index in [4.69, 9.17) is 0 Å². The maximum Gasteiger partial charge on any atom is 0.0635 e. The van der Waals surface area contributed by atoms with Crippen LogP contribution >= 0.6 is 31.9 Å². The predicted molar refractivity (Wildman–Crippen MR) is 139 cm³/mol. The SMILES string of the molecule is CC1=Cc2c(Br)cccc2C1[Si](C)(C)C1C(C)CC2C(C)C3CCC(Br)NC3CC21. The minimum absolute atomic E-state index is 0.522. The highest BCUT2D eigenvalue weighted by atomic mass is 79.9. The summed E-state index contributed by atoms with van der Waals surface area (Å²) in [5, 5.41) is 3.96. The van der Waals surface area contributed by atoms with Gasteiger partial charge in [-0.15, -0.1) is 0 Å². The summed E-state index contributed by atoms with van der Waals surface area (Å²) in [5.41, 5.74) is 6.26. The van der Waals surface area contributed by atoms with E-state index in [2.05, 4.69) is 95.3 Å². The van der Waals surface area contributed by atoms with Crippen LogP contribution < -0.4 is 5.32 Å². The van der Waals surface area contributed by atoms with Crippen LogP contribution in [-0.2, 0) is 0 Å². The first-order valence-electron chi connectivity index (χ1n) is 12.1. The molecule has 2 saturated carbocycles. The fraction of sp³-hybridized carbons (Fsp3) is 0.692. The molecule has 0 aromatic heterocycles. The van der Waals surface area contributed by atoms with Crippen molar-refractivity contribution in [1.82, 2.24) is 5.32 Å². The van der Waals surface area contributed by atoms with Crippen LogP contribution in [0.5, 0.6) is 0 Å². The van der Waals surface area contributed by atoms with E-state index in [9.17, 15) is 0 Å². The fourth-order valence-corrected chi connectivity index (χ4v) is 15.7. The summed E-state index contributed by atoms with van der Waals surface area (Å²) in [6, 6.07) is 7.60. The van der Waals surface area contributed by atoms with E-state index in [1.165, 1.54) is 35.7 Å². The molecule has 1 aliphatic heterocycles. The van der Waals surface area contributed by atoms with Crippen molar-refractivity contribution in [1.29, 1.82) is 0 Å². The van der Waals surface area contributed by atoms with Gasteiger partial charge in [0.1, 0.15) is 0 Å². The number of benzene rings is 1. The summed E-state index contributed by atoms with van der Waals surface area (Å²) in [6.07, 6.45) is 8.06. The van der Waals surface area contributed by atoms with E-state index in [0.29, 0.717) is 10.5 Å². The largest absolute Gasteiger partial charge is 0.302 e. The Labute approximate surface area is 201 Å². The number of rotatable bonds is 2. The zero-order valence-corrected chi connectivity index (χ0v) is 23.3. The highest BCUT2D eigenvalue weighted by Crippen LogP contribution is 2.63. The van der Waals surface area contributed by atoms with E-state index >= 15 is 0 Å². The standard InChI is InChI=1S/C26H37Br2NSi/c1-14-11-19-16(3)17-9-10-24(28)29-23(17)13-21(19)26(14)30(4,5)25-15(2)12-20-18(25)7-6-8-22(20)27/h6-8,12,14,16-17,19,21,23-26,29H,9-11,13H2,1-5H3. The summed E-state index contributed by atoms with van der Waals surface area (Å²) in [7, 11) is -1.58. The Bertz CT molecular complexity index is 863. The van der Waals surface area contributed by atoms with Gasteiger partial charge in [-0.05, 0) is 84.9 Å². The van der Waals surface area contributed by atoms with Gasteiger partial charge in [0.25, 0.3) is 0 Å². The van der Waals surface area contributed by atoms with Crippen molar-refractivity contribution in [2.24, 2.45) is 29.6 Å². The molecule has 164 valence electrons. The van der Waals surface area contributed by atoms with Crippen molar-refractivity contribution in [3.8, 4) is 0 Å². The van der Waals surface area contributed by atoms with Crippen LogP contribution in [0.2, 0.25) is 18.6 Å². The van der Waals surface area contributed by atoms with Crippen LogP contribution in [0.4, 0.5) is 0 Å². The molecule has 1 heterocycles. The van der Waals surface area contributed by atoms with Crippen LogP contribution in [0.3, 0.4) is 0 Å². The van der Waals surface area contributed by atoms with Gasteiger partial charge in [0.2, 0.25) is 0 Å². The second-order valence-corrected chi connectivity index (χ2v) is 18.4. The summed E-state index contributed by atoms with van der Waals surface area (Å²) in [6.45, 7) is 13.1. The summed E-state index contributed by atoms with van der Waals surface area (Å²) in [4.78, 5) is 0.522. The zero-order chi connectivity index (χ0) is 21.4. The van der Waals surface area contributed by atoms with Crippen molar-refractivity contribution < 1.29 is 0 Å². The minimum Gasteiger partial charge on any atom is -0.302 e. The molecule has 4 aliphatic rings. The third-order valence-electron chi connectivity index (χ3n) is 9.64. The maximum absolute atomic E-state index is 3.96. The molecule has 5 rings (SSSR count). The Balaban J connectivity index is 1.49. The topological polar surface area (TPSA) is 12.0 Å². The van der Waals surface area contributed by atoms with Crippen molar-refractivity contribution in [3.63, 3.8) is 0 Å². The normalized spacial score (nSPS) is 43.0. The molecule has 9 unspecified atom stereocenters. The lowest BCUT2D eigenvalue weighted by Crippen LogP contribution is -2.54. The number of hydrogen-bond donors (Lipinski definition) is 1. The molecular formula is C26H37Br2NSi. The van der Waals surface area contributed by atoms with Crippen molar-refractivity contribution >= 4 is 46.0 Å². The smallest absolute Gasteiger partial charge is 0.0635 e. The quantitative estimate of drug-likeness (QED) is 0.223. The van der Waals surface area contributed by atoms with Crippen molar-refractivity contribution in [2.75, 3.05) is 0 Å². The molecule has 0 amide bonds. The number of allylic oxidation sites excluding steroid dienone is 1. The molecule has 3 fully saturated rings. The lowest BCUT2D eigenvalue weighted by Gasteiger charge is -2.51. The van der Waals surface area contributed by atoms with Crippen LogP contribution in [0.15, 0.2) is 28.2 Å². The number of halogens is 2. The molecule has 1 aromatic carbocycles. The molecular weight excluding hydrogens is 514 g/mol. The average Bonchev–Trinajstić information content (AvgIpc) is 3.19. The van der Waals surface area contributed by atoms with Gasteiger partial charge in [0.15, 0.2) is 0 Å². The van der Waals surface area contributed by atoms with E-state index in [1.807, 2.05) is 0 Å². The number of nitrogens with one attached hydrogen (secondary N) is 1. The molecule has 0 bridgehead atoms. The predicted octanol–water partition coefficient (Wildman–Crippen LogP) is 7.97. The number of alkyl halides is 1. The van der Waals surface area contributed by atoms with E-state index < -0.39 is 8.07 Å². The summed E-state index contributed by atoms with van der Waals surface area (Å²) >= 11 is 7.71. The van der Waals surface area contributed by atoms with Gasteiger partial charge in [-0.25, -0.2) is 0 Å². The monoisotopic (exact) mass is 549 g/mol. The Kier molecular flexibility index (Phi) is 5.73. The molecule has 1 N–H and O–H groups in total. The molecule has 1 aromatic rings. The van der Waals surface area contributed by atoms with Crippen molar-refractivity contribution in [2.45, 2.75) is 81.6 Å². The second kappa shape index (κ2) is 7.85. The number of fused-ring (bicyclic) bond motifs is 3. The lowest BCUT2D eigenvalue weighted by atomic mass is 9.64. The third-order valence-corrected chi connectivity index (χ3v) is 16.0. The molecule has 3 aliphatic carbocycles. The summed E-state index contributed by atoms with van der Waals surface area (Å²) in [5.74, 6) is 4.49. The lowest BCUT2D eigenvalue weighted by molar-refractivity contribution is 0.0597. The third kappa shape index (κ3) is 3.30. The minimum atomic E-state index is -1.58. The van der Waals surface area contributed by atoms with Gasteiger partial charge in [-0.2, -0.15) is 0 Å². The van der Waals surface area contributed by atoms with Crippen LogP contribution in [0.25, 0.3) is 6.08 Å². The zero-order valence-electron chi connectivity index (χ0n) is 19.1. The Morgan fingerprint density at radius 2 is 1.80 bits per heavy atom. The average molecular weight is 551 g/mol. The van der Waals surface area contributed by atoms with Crippen LogP contribution in [-0.4, -0.2) is 19.1 Å². The van der Waals surface area contributed by atoms with Gasteiger partial charge in [-0.1, -0.05) is 82.6 Å². The van der Waals surface area contributed by atoms with Gasteiger partial charge in [0, 0.05) is 16.1 Å². The Morgan fingerprint density at radius 3 is 2.57 bits per heavy atom. The van der Waals surface area contributed by atoms with Gasteiger partial charge in [-0.3, -0.25) is 0 Å². The van der Waals surface area contributed by atoms with E-state index in [0.717, 1.165) is 41.2 Å². The number of piperidine rings is 1. The van der Waals surface area contributed by atoms with Crippen molar-refractivity contribution in [3.05, 3.63) is 39.4 Å². The molecule has 30 heavy (non-hydrogen) atoms. The molecule has 0 radical (unpaired) electrons. The second-order valence-electron chi connectivity index (χ2n) is 11.5. The molecule has 9 atom stereocenters. The fourth-order valence-electron chi connectivity index (χ4n) is 8.81. The first kappa shape index (κ1) is 21.9. The highest BCUT2D eigenvalue weighted by molar-refractivity contribution is 9.10. The first-order valence-corrected chi connectivity index (χ1v) is 16.9. The maximum atomic E-state index is 3.96. The molecule has 1 saturated heterocycles. The molecule has 4 heteroatoms. The Morgan fingerprint density at radius 1 is 1.03 bits per heavy atom. The first-order chi connectivity index (χ1) is 14.2. The van der Waals surface area contributed by atoms with Gasteiger partial charge < -0.3 is 5.32 Å². The molecule has 0 spiro atoms. The van der Waals surface area contributed by atoms with E-state index in [-0.39, 0.29) is 0 Å². The Hall–Kier alpha value is 0.0969. The van der Waals surface area contributed by atoms with Gasteiger partial charge in [0.05, 0.1) is 13.0 Å². The highest BCUT2D eigenvalue weighted by Gasteiger charge is 2.57. The van der Waals surface area contributed by atoms with E-state index in [1.54, 1.807) is 11.1 Å².